The molecule has 0 aliphatic heterocycles. The third kappa shape index (κ3) is 7.15. The Balaban J connectivity index is 1.93. The van der Waals surface area contributed by atoms with Crippen molar-refractivity contribution in [2.75, 3.05) is 19.5 Å². The Bertz CT molecular complexity index is 838. The number of nitrogens with two attached hydrogens (primary N) is 1. The van der Waals surface area contributed by atoms with Gasteiger partial charge in [-0.25, -0.2) is 14.8 Å². The van der Waals surface area contributed by atoms with E-state index >= 15 is 0 Å². The van der Waals surface area contributed by atoms with E-state index in [4.69, 9.17) is 19.9 Å². The molecule has 0 unspecified atom stereocenters. The molecule has 2 rings (SSSR count). The number of aliphatic imine (C=N–C) groups is 1. The summed E-state index contributed by atoms with van der Waals surface area (Å²) in [4.78, 5) is 20.4. The molecule has 2 aromatic rings. The Morgan fingerprint density at radius 2 is 1.90 bits per heavy atom. The van der Waals surface area contributed by atoms with Crippen LogP contribution in [-0.4, -0.2) is 36.9 Å². The predicted octanol–water partition coefficient (Wildman–Crippen LogP) is 3.11. The second-order valence-electron chi connectivity index (χ2n) is 6.97. The lowest BCUT2D eigenvalue weighted by atomic mass is 10.2. The van der Waals surface area contributed by atoms with E-state index in [-0.39, 0.29) is 19.0 Å². The smallest absolute Gasteiger partial charge is 0.407 e. The SMILES string of the molecule is COc1cccc(OC)c1CN=C(N)Nc1nc(CNC(=O)OC(C)(C)C)cs1. The van der Waals surface area contributed by atoms with E-state index < -0.39 is 11.7 Å². The van der Waals surface area contributed by atoms with Crippen LogP contribution in [0.4, 0.5) is 9.93 Å². The largest absolute Gasteiger partial charge is 0.496 e. The fraction of sp³-hybridized carbons (Fsp3) is 0.421. The monoisotopic (exact) mass is 421 g/mol. The summed E-state index contributed by atoms with van der Waals surface area (Å²) in [7, 11) is 3.18. The molecule has 1 heterocycles. The van der Waals surface area contributed by atoms with Crippen molar-refractivity contribution in [3.8, 4) is 11.5 Å². The zero-order chi connectivity index (χ0) is 21.4. The van der Waals surface area contributed by atoms with E-state index in [0.717, 1.165) is 5.56 Å². The van der Waals surface area contributed by atoms with Crippen molar-refractivity contribution in [1.29, 1.82) is 0 Å². The van der Waals surface area contributed by atoms with E-state index in [1.165, 1.54) is 11.3 Å². The Morgan fingerprint density at radius 1 is 1.24 bits per heavy atom. The fourth-order valence-corrected chi connectivity index (χ4v) is 3.04. The molecule has 0 atom stereocenters. The van der Waals surface area contributed by atoms with E-state index in [2.05, 4.69) is 20.6 Å². The molecule has 0 fully saturated rings. The number of nitrogens with one attached hydrogen (secondary N) is 2. The first kappa shape index (κ1) is 22.3. The Hall–Kier alpha value is -3.01. The number of ether oxygens (including phenoxy) is 3. The zero-order valence-electron chi connectivity index (χ0n) is 17.2. The highest BCUT2D eigenvalue weighted by atomic mass is 32.1. The van der Waals surface area contributed by atoms with Crippen molar-refractivity contribution in [3.63, 3.8) is 0 Å². The molecule has 1 aromatic carbocycles. The van der Waals surface area contributed by atoms with Crippen LogP contribution in [0.25, 0.3) is 0 Å². The number of rotatable bonds is 7. The van der Waals surface area contributed by atoms with Crippen LogP contribution in [-0.2, 0) is 17.8 Å². The quantitative estimate of drug-likeness (QED) is 0.464. The molecule has 0 aliphatic rings. The van der Waals surface area contributed by atoms with Crippen LogP contribution in [0.3, 0.4) is 0 Å². The van der Waals surface area contributed by atoms with Crippen LogP contribution in [0.1, 0.15) is 32.0 Å². The molecular formula is C19H27N5O4S. The van der Waals surface area contributed by atoms with Gasteiger partial charge in [-0.1, -0.05) is 6.07 Å². The lowest BCUT2D eigenvalue weighted by molar-refractivity contribution is 0.0523. The summed E-state index contributed by atoms with van der Waals surface area (Å²) >= 11 is 1.36. The highest BCUT2D eigenvalue weighted by Crippen LogP contribution is 2.28. The number of hydrogen-bond acceptors (Lipinski definition) is 7. The van der Waals surface area contributed by atoms with Crippen molar-refractivity contribution >= 4 is 28.5 Å². The number of benzene rings is 1. The maximum Gasteiger partial charge on any atom is 0.407 e. The van der Waals surface area contributed by atoms with Gasteiger partial charge in [-0.15, -0.1) is 11.3 Å². The number of hydrogen-bond donors (Lipinski definition) is 3. The number of anilines is 1. The van der Waals surface area contributed by atoms with Gasteiger partial charge in [-0.2, -0.15) is 0 Å². The maximum absolute atomic E-state index is 11.7. The first-order chi connectivity index (χ1) is 13.7. The Morgan fingerprint density at radius 3 is 2.48 bits per heavy atom. The van der Waals surface area contributed by atoms with Gasteiger partial charge in [0.2, 0.25) is 0 Å². The van der Waals surface area contributed by atoms with Crippen molar-refractivity contribution in [3.05, 3.63) is 34.8 Å². The average Bonchev–Trinajstić information content (AvgIpc) is 3.10. The summed E-state index contributed by atoms with van der Waals surface area (Å²) in [5.74, 6) is 1.55. The number of thiazole rings is 1. The van der Waals surface area contributed by atoms with Crippen LogP contribution >= 0.6 is 11.3 Å². The molecule has 10 heteroatoms. The molecule has 29 heavy (non-hydrogen) atoms. The van der Waals surface area contributed by atoms with Crippen molar-refractivity contribution in [2.24, 2.45) is 10.7 Å². The highest BCUT2D eigenvalue weighted by molar-refractivity contribution is 7.13. The molecule has 0 spiro atoms. The van der Waals surface area contributed by atoms with Gasteiger partial charge in [0.1, 0.15) is 17.1 Å². The number of guanidine groups is 1. The molecule has 1 amide bonds. The van der Waals surface area contributed by atoms with Crippen LogP contribution < -0.4 is 25.8 Å². The van der Waals surface area contributed by atoms with E-state index in [0.29, 0.717) is 22.3 Å². The third-order valence-corrected chi connectivity index (χ3v) is 4.34. The van der Waals surface area contributed by atoms with Gasteiger partial charge in [-0.3, -0.25) is 0 Å². The average molecular weight is 422 g/mol. The lowest BCUT2D eigenvalue weighted by Crippen LogP contribution is -2.32. The minimum absolute atomic E-state index is 0.207. The van der Waals surface area contributed by atoms with Gasteiger partial charge < -0.3 is 30.6 Å². The Kier molecular flexibility index (Phi) is 7.66. The molecular weight excluding hydrogens is 394 g/mol. The summed E-state index contributed by atoms with van der Waals surface area (Å²) in [6, 6.07) is 5.51. The number of methoxy groups -OCH3 is 2. The summed E-state index contributed by atoms with van der Waals surface area (Å²) in [6.45, 7) is 5.95. The molecule has 0 aliphatic carbocycles. The van der Waals surface area contributed by atoms with Crippen molar-refractivity contribution in [2.45, 2.75) is 39.5 Å². The number of aromatic nitrogens is 1. The molecule has 4 N–H and O–H groups in total. The first-order valence-corrected chi connectivity index (χ1v) is 9.78. The second kappa shape index (κ2) is 9.97. The summed E-state index contributed by atoms with van der Waals surface area (Å²) in [6.07, 6.45) is -0.494. The number of carbonyl (C=O) groups is 1. The van der Waals surface area contributed by atoms with Crippen LogP contribution in [0.15, 0.2) is 28.6 Å². The molecule has 0 saturated heterocycles. The molecule has 1 aromatic heterocycles. The van der Waals surface area contributed by atoms with Gasteiger partial charge >= 0.3 is 6.09 Å². The highest BCUT2D eigenvalue weighted by Gasteiger charge is 2.16. The lowest BCUT2D eigenvalue weighted by Gasteiger charge is -2.19. The summed E-state index contributed by atoms with van der Waals surface area (Å²) in [5, 5.41) is 7.99. The van der Waals surface area contributed by atoms with Gasteiger partial charge in [0.15, 0.2) is 11.1 Å². The first-order valence-electron chi connectivity index (χ1n) is 8.90. The normalized spacial score (nSPS) is 11.7. The van der Waals surface area contributed by atoms with Crippen molar-refractivity contribution in [1.82, 2.24) is 10.3 Å². The number of amides is 1. The number of carbonyl (C=O) groups excluding carboxylic acids is 1. The number of alkyl carbamates (subject to hydrolysis) is 1. The van der Waals surface area contributed by atoms with Gasteiger partial charge in [0.25, 0.3) is 0 Å². The molecule has 158 valence electrons. The van der Waals surface area contributed by atoms with Gasteiger partial charge in [0, 0.05) is 5.38 Å². The van der Waals surface area contributed by atoms with Crippen LogP contribution in [0.5, 0.6) is 11.5 Å². The molecule has 0 radical (unpaired) electrons. The van der Waals surface area contributed by atoms with Gasteiger partial charge in [-0.05, 0) is 32.9 Å². The summed E-state index contributed by atoms with van der Waals surface area (Å²) in [5.41, 5.74) is 6.90. The predicted molar refractivity (Wildman–Crippen MR) is 114 cm³/mol. The molecule has 0 bridgehead atoms. The zero-order valence-corrected chi connectivity index (χ0v) is 18.1. The van der Waals surface area contributed by atoms with E-state index in [9.17, 15) is 4.79 Å². The van der Waals surface area contributed by atoms with Crippen molar-refractivity contribution < 1.29 is 19.0 Å². The topological polar surface area (TPSA) is 120 Å². The molecule has 9 nitrogen and oxygen atoms in total. The minimum atomic E-state index is -0.548. The van der Waals surface area contributed by atoms with E-state index in [1.807, 2.05) is 23.6 Å². The maximum atomic E-state index is 11.7. The molecule has 0 saturated carbocycles. The number of nitrogens with zero attached hydrogens (tertiary/aromatic N) is 2. The van der Waals surface area contributed by atoms with Gasteiger partial charge in [0.05, 0.1) is 38.6 Å². The summed E-state index contributed by atoms with van der Waals surface area (Å²) < 4.78 is 15.9. The van der Waals surface area contributed by atoms with Crippen LogP contribution in [0.2, 0.25) is 0 Å². The van der Waals surface area contributed by atoms with E-state index in [1.54, 1.807) is 35.0 Å². The minimum Gasteiger partial charge on any atom is -0.496 e. The Labute approximate surface area is 174 Å². The fourth-order valence-electron chi connectivity index (χ4n) is 2.32. The standard InChI is InChI=1S/C19H27N5O4S/c1-19(2,3)28-18(25)22-9-12-11-29-17(23-12)24-16(20)21-10-13-14(26-4)7-6-8-15(13)27-5/h6-8,11H,9-10H2,1-5H3,(H,22,25)(H3,20,21,23,24). The van der Waals surface area contributed by atoms with Crippen LogP contribution in [0, 0.1) is 0 Å². The second-order valence-corrected chi connectivity index (χ2v) is 7.83. The third-order valence-electron chi connectivity index (χ3n) is 3.54.